The monoisotopic (exact) mass is 451 g/mol. The van der Waals surface area contributed by atoms with Crippen molar-refractivity contribution >= 4 is 28.4 Å². The summed E-state index contributed by atoms with van der Waals surface area (Å²) in [5, 5.41) is 0.671. The molecule has 0 N–H and O–H groups in total. The number of anilines is 1. The zero-order chi connectivity index (χ0) is 24.2. The Balaban J connectivity index is 1.85. The second kappa shape index (κ2) is 9.90. The molecule has 2 aromatic carbocycles. The summed E-state index contributed by atoms with van der Waals surface area (Å²) in [6.07, 6.45) is 0. The van der Waals surface area contributed by atoms with E-state index in [0.717, 1.165) is 18.8 Å². The lowest BCUT2D eigenvalue weighted by molar-refractivity contribution is -0.158. The zero-order valence-corrected chi connectivity index (χ0v) is 19.6. The molecule has 0 saturated carbocycles. The van der Waals surface area contributed by atoms with Gasteiger partial charge in [-0.3, -0.25) is 4.79 Å². The summed E-state index contributed by atoms with van der Waals surface area (Å²) in [6.45, 7) is 11.0. The van der Waals surface area contributed by atoms with E-state index in [-0.39, 0.29) is 12.2 Å². The SMILES string of the molecule is CCOC(=O)C(C)(C)Oc1ccc(C(=O)c2cc3ccc(N(CC)CC)cc3oc2=O)cc1. The van der Waals surface area contributed by atoms with Crippen molar-refractivity contribution in [2.75, 3.05) is 24.6 Å². The number of ketones is 1. The van der Waals surface area contributed by atoms with Crippen LogP contribution in [0, 0.1) is 0 Å². The lowest BCUT2D eigenvalue weighted by Gasteiger charge is -2.24. The van der Waals surface area contributed by atoms with Gasteiger partial charge >= 0.3 is 11.6 Å². The molecule has 0 bridgehead atoms. The van der Waals surface area contributed by atoms with Gasteiger partial charge in [-0.1, -0.05) is 0 Å². The highest BCUT2D eigenvalue weighted by Crippen LogP contribution is 2.24. The Morgan fingerprint density at radius 1 is 0.970 bits per heavy atom. The first-order chi connectivity index (χ1) is 15.7. The molecule has 0 unspecified atom stereocenters. The summed E-state index contributed by atoms with van der Waals surface area (Å²) in [5.74, 6) is -0.531. The van der Waals surface area contributed by atoms with E-state index >= 15 is 0 Å². The summed E-state index contributed by atoms with van der Waals surface area (Å²) in [6, 6.07) is 13.4. The molecular weight excluding hydrogens is 422 g/mol. The van der Waals surface area contributed by atoms with Crippen LogP contribution in [-0.2, 0) is 9.53 Å². The van der Waals surface area contributed by atoms with Crippen LogP contribution in [0.2, 0.25) is 0 Å². The predicted octanol–water partition coefficient (Wildman–Crippen LogP) is 4.59. The van der Waals surface area contributed by atoms with E-state index in [1.165, 1.54) is 0 Å². The van der Waals surface area contributed by atoms with E-state index in [4.69, 9.17) is 13.9 Å². The first-order valence-electron chi connectivity index (χ1n) is 11.0. The van der Waals surface area contributed by atoms with Crippen LogP contribution in [0.4, 0.5) is 5.69 Å². The molecule has 0 saturated heterocycles. The Hall–Kier alpha value is -3.61. The molecule has 0 aliphatic heterocycles. The van der Waals surface area contributed by atoms with Gasteiger partial charge in [-0.15, -0.1) is 0 Å². The van der Waals surface area contributed by atoms with Crippen LogP contribution >= 0.6 is 0 Å². The second-order valence-corrected chi connectivity index (χ2v) is 8.03. The van der Waals surface area contributed by atoms with Crippen LogP contribution in [0.5, 0.6) is 5.75 Å². The molecule has 0 radical (unpaired) electrons. The number of hydrogen-bond acceptors (Lipinski definition) is 7. The lowest BCUT2D eigenvalue weighted by atomic mass is 10.0. The fraction of sp³-hybridized carbons (Fsp3) is 0.346. The van der Waals surface area contributed by atoms with Gasteiger partial charge in [0.25, 0.3) is 0 Å². The molecule has 7 nitrogen and oxygen atoms in total. The number of nitrogens with zero attached hydrogens (tertiary/aromatic N) is 1. The van der Waals surface area contributed by atoms with Crippen molar-refractivity contribution in [2.45, 2.75) is 40.2 Å². The maximum absolute atomic E-state index is 13.0. The van der Waals surface area contributed by atoms with Gasteiger partial charge in [-0.2, -0.15) is 0 Å². The Morgan fingerprint density at radius 2 is 1.64 bits per heavy atom. The molecule has 0 atom stereocenters. The minimum absolute atomic E-state index is 0.0430. The first-order valence-corrected chi connectivity index (χ1v) is 11.0. The highest BCUT2D eigenvalue weighted by molar-refractivity contribution is 6.10. The van der Waals surface area contributed by atoms with Gasteiger partial charge < -0.3 is 18.8 Å². The number of ether oxygens (including phenoxy) is 2. The Kier molecular flexibility index (Phi) is 7.21. The fourth-order valence-electron chi connectivity index (χ4n) is 3.51. The summed E-state index contributed by atoms with van der Waals surface area (Å²) in [4.78, 5) is 39.7. The molecule has 1 aromatic heterocycles. The maximum Gasteiger partial charge on any atom is 0.349 e. The average molecular weight is 452 g/mol. The van der Waals surface area contributed by atoms with E-state index in [9.17, 15) is 14.4 Å². The minimum atomic E-state index is -1.18. The smallest absolute Gasteiger partial charge is 0.349 e. The second-order valence-electron chi connectivity index (χ2n) is 8.03. The molecule has 0 fully saturated rings. The molecule has 0 amide bonds. The number of rotatable bonds is 9. The number of hydrogen-bond donors (Lipinski definition) is 0. The third-order valence-corrected chi connectivity index (χ3v) is 5.35. The van der Waals surface area contributed by atoms with E-state index in [1.54, 1.807) is 51.1 Å². The molecule has 33 heavy (non-hydrogen) atoms. The molecule has 1 heterocycles. The highest BCUT2D eigenvalue weighted by atomic mass is 16.6. The van der Waals surface area contributed by atoms with Gasteiger partial charge in [-0.25, -0.2) is 9.59 Å². The van der Waals surface area contributed by atoms with Crippen LogP contribution in [0.25, 0.3) is 11.0 Å². The molecule has 3 rings (SSSR count). The van der Waals surface area contributed by atoms with Crippen molar-refractivity contribution in [3.8, 4) is 5.75 Å². The van der Waals surface area contributed by atoms with Crippen molar-refractivity contribution in [1.82, 2.24) is 0 Å². The largest absolute Gasteiger partial charge is 0.476 e. The van der Waals surface area contributed by atoms with Gasteiger partial charge in [0.15, 0.2) is 11.4 Å². The summed E-state index contributed by atoms with van der Waals surface area (Å²) in [5.41, 5.74) is -0.207. The van der Waals surface area contributed by atoms with Crippen LogP contribution in [0.1, 0.15) is 50.5 Å². The van der Waals surface area contributed by atoms with Crippen LogP contribution < -0.4 is 15.3 Å². The number of esters is 1. The summed E-state index contributed by atoms with van der Waals surface area (Å²) in [7, 11) is 0. The zero-order valence-electron chi connectivity index (χ0n) is 19.6. The molecule has 7 heteroatoms. The fourth-order valence-corrected chi connectivity index (χ4v) is 3.51. The van der Waals surface area contributed by atoms with Gasteiger partial charge in [0.1, 0.15) is 16.9 Å². The van der Waals surface area contributed by atoms with Crippen molar-refractivity contribution in [3.63, 3.8) is 0 Å². The van der Waals surface area contributed by atoms with Crippen molar-refractivity contribution in [3.05, 3.63) is 70.1 Å². The number of fused-ring (bicyclic) bond motifs is 1. The topological polar surface area (TPSA) is 86.1 Å². The Morgan fingerprint density at radius 3 is 2.24 bits per heavy atom. The third kappa shape index (κ3) is 5.25. The maximum atomic E-state index is 13.0. The van der Waals surface area contributed by atoms with Gasteiger partial charge in [-0.05, 0) is 77.1 Å². The van der Waals surface area contributed by atoms with Crippen molar-refractivity contribution in [1.29, 1.82) is 0 Å². The van der Waals surface area contributed by atoms with Crippen LogP contribution in [0.15, 0.2) is 57.7 Å². The number of carbonyl (C=O) groups is 2. The molecule has 0 aliphatic rings. The molecular formula is C26H29NO6. The normalized spacial score (nSPS) is 11.3. The summed E-state index contributed by atoms with van der Waals surface area (Å²) < 4.78 is 16.2. The van der Waals surface area contributed by atoms with E-state index in [0.29, 0.717) is 22.3 Å². The van der Waals surface area contributed by atoms with Gasteiger partial charge in [0.05, 0.1) is 6.61 Å². The van der Waals surface area contributed by atoms with Gasteiger partial charge in [0, 0.05) is 35.8 Å². The van der Waals surface area contributed by atoms with Crippen molar-refractivity contribution < 1.29 is 23.5 Å². The predicted molar refractivity (Wildman–Crippen MR) is 127 cm³/mol. The molecule has 3 aromatic rings. The van der Waals surface area contributed by atoms with E-state index < -0.39 is 23.0 Å². The first kappa shape index (κ1) is 24.0. The van der Waals surface area contributed by atoms with E-state index in [1.807, 2.05) is 18.2 Å². The van der Waals surface area contributed by atoms with Gasteiger partial charge in [0.2, 0.25) is 0 Å². The quantitative estimate of drug-likeness (QED) is 0.267. The molecule has 0 spiro atoms. The average Bonchev–Trinajstić information content (AvgIpc) is 2.79. The van der Waals surface area contributed by atoms with Crippen LogP contribution in [0.3, 0.4) is 0 Å². The summed E-state index contributed by atoms with van der Waals surface area (Å²) >= 11 is 0. The highest BCUT2D eigenvalue weighted by Gasteiger charge is 2.31. The number of carbonyl (C=O) groups excluding carboxylic acids is 2. The lowest BCUT2D eigenvalue weighted by Crippen LogP contribution is -2.39. The minimum Gasteiger partial charge on any atom is -0.476 e. The van der Waals surface area contributed by atoms with Crippen LogP contribution in [-0.4, -0.2) is 37.0 Å². The van der Waals surface area contributed by atoms with Crippen molar-refractivity contribution in [2.24, 2.45) is 0 Å². The molecule has 174 valence electrons. The standard InChI is InChI=1S/C26H29NO6/c1-6-27(7-2)19-12-9-18-15-21(24(29)32-22(18)16-19)23(28)17-10-13-20(14-11-17)33-26(4,5)25(30)31-8-3/h9-16H,6-8H2,1-5H3. The van der Waals surface area contributed by atoms with E-state index in [2.05, 4.69) is 18.7 Å². The number of benzene rings is 2. The Bertz CT molecular complexity index is 1210. The third-order valence-electron chi connectivity index (χ3n) is 5.35. The molecule has 0 aliphatic carbocycles. The Labute approximate surface area is 192 Å².